The number of nitrogens with one attached hydrogen (secondary N) is 1. The summed E-state index contributed by atoms with van der Waals surface area (Å²) in [5.41, 5.74) is 1.11. The topological polar surface area (TPSA) is 83.1 Å². The van der Waals surface area contributed by atoms with E-state index < -0.39 is 18.5 Å². The Morgan fingerprint density at radius 1 is 1.04 bits per heavy atom. The van der Waals surface area contributed by atoms with E-state index >= 15 is 0 Å². The van der Waals surface area contributed by atoms with Crippen molar-refractivity contribution in [2.75, 3.05) is 32.8 Å². The van der Waals surface area contributed by atoms with Crippen molar-refractivity contribution in [2.45, 2.75) is 13.3 Å². The molecule has 0 radical (unpaired) electrons. The maximum atomic E-state index is 12.1. The molecule has 0 aliphatic rings. The summed E-state index contributed by atoms with van der Waals surface area (Å²) in [4.78, 5) is 24.0. The predicted molar refractivity (Wildman–Crippen MR) is 105 cm³/mol. The molecule has 28 heavy (non-hydrogen) atoms. The summed E-state index contributed by atoms with van der Waals surface area (Å²) in [6.07, 6.45) is 0.0529. The molecule has 2 aromatic rings. The molecule has 0 saturated heterocycles. The molecule has 2 aromatic carbocycles. The van der Waals surface area contributed by atoms with Crippen molar-refractivity contribution in [3.8, 4) is 17.2 Å². The molecule has 7 nitrogen and oxygen atoms in total. The number of carbonyl (C=O) groups is 2. The molecule has 2 rings (SSSR count). The largest absolute Gasteiger partial charge is 0.495 e. The number of amides is 1. The number of halogens is 1. The van der Waals surface area contributed by atoms with Crippen LogP contribution in [0.3, 0.4) is 0 Å². The van der Waals surface area contributed by atoms with Crippen LogP contribution in [-0.4, -0.2) is 39.3 Å². The van der Waals surface area contributed by atoms with Crippen molar-refractivity contribution in [3.63, 3.8) is 0 Å². The van der Waals surface area contributed by atoms with Crippen LogP contribution in [0.15, 0.2) is 36.4 Å². The van der Waals surface area contributed by atoms with E-state index in [2.05, 4.69) is 5.32 Å². The van der Waals surface area contributed by atoms with Crippen LogP contribution in [-0.2, 0) is 20.7 Å². The Balaban J connectivity index is 1.88. The first-order valence-corrected chi connectivity index (χ1v) is 8.93. The first kappa shape index (κ1) is 21.4. The fourth-order valence-electron chi connectivity index (χ4n) is 2.38. The van der Waals surface area contributed by atoms with Gasteiger partial charge >= 0.3 is 5.97 Å². The van der Waals surface area contributed by atoms with Crippen LogP contribution in [0.1, 0.15) is 12.5 Å². The van der Waals surface area contributed by atoms with Crippen LogP contribution < -0.4 is 19.5 Å². The van der Waals surface area contributed by atoms with E-state index in [4.69, 9.17) is 30.5 Å². The molecule has 0 heterocycles. The van der Waals surface area contributed by atoms with Gasteiger partial charge in [0.15, 0.2) is 6.61 Å². The molecule has 0 saturated carbocycles. The molecular formula is C20H22ClNO6. The van der Waals surface area contributed by atoms with Crippen molar-refractivity contribution in [3.05, 3.63) is 47.0 Å². The zero-order valence-electron chi connectivity index (χ0n) is 15.9. The average molecular weight is 408 g/mol. The van der Waals surface area contributed by atoms with E-state index in [1.807, 2.05) is 6.92 Å². The zero-order chi connectivity index (χ0) is 20.5. The monoisotopic (exact) mass is 407 g/mol. The molecule has 0 unspecified atom stereocenters. The molecule has 0 aliphatic carbocycles. The minimum absolute atomic E-state index is 0.0529. The Bertz CT molecular complexity index is 822. The second kappa shape index (κ2) is 10.4. The molecule has 0 atom stereocenters. The van der Waals surface area contributed by atoms with E-state index in [9.17, 15) is 9.59 Å². The van der Waals surface area contributed by atoms with Crippen LogP contribution in [0.4, 0.5) is 5.69 Å². The summed E-state index contributed by atoms with van der Waals surface area (Å²) in [6.45, 7) is 2.04. The number of benzene rings is 2. The standard InChI is InChI=1S/C20H22ClNO6/c1-4-27-14-7-5-13(6-8-14)9-20(24)28-12-19(23)22-16-10-15(21)17(25-2)11-18(16)26-3/h5-8,10-11H,4,9,12H2,1-3H3,(H,22,23). The molecule has 0 aliphatic heterocycles. The fourth-order valence-corrected chi connectivity index (χ4v) is 2.62. The van der Waals surface area contributed by atoms with Gasteiger partial charge < -0.3 is 24.3 Å². The van der Waals surface area contributed by atoms with Gasteiger partial charge in [0.05, 0.1) is 38.0 Å². The molecule has 0 spiro atoms. The highest BCUT2D eigenvalue weighted by Crippen LogP contribution is 2.35. The Hall–Kier alpha value is -2.93. The number of hydrogen-bond acceptors (Lipinski definition) is 6. The number of carbonyl (C=O) groups excluding carboxylic acids is 2. The second-order valence-corrected chi connectivity index (χ2v) is 6.06. The zero-order valence-corrected chi connectivity index (χ0v) is 16.7. The van der Waals surface area contributed by atoms with Crippen LogP contribution in [0.25, 0.3) is 0 Å². The maximum absolute atomic E-state index is 12.1. The number of esters is 1. The Morgan fingerprint density at radius 3 is 2.32 bits per heavy atom. The van der Waals surface area contributed by atoms with Gasteiger partial charge in [-0.05, 0) is 30.7 Å². The molecule has 8 heteroatoms. The highest BCUT2D eigenvalue weighted by molar-refractivity contribution is 6.32. The van der Waals surface area contributed by atoms with Crippen LogP contribution >= 0.6 is 11.6 Å². The van der Waals surface area contributed by atoms with Crippen molar-refractivity contribution >= 4 is 29.2 Å². The second-order valence-electron chi connectivity index (χ2n) is 5.65. The Kier molecular flexibility index (Phi) is 7.95. The summed E-state index contributed by atoms with van der Waals surface area (Å²) in [5.74, 6) is 0.485. The molecule has 1 amide bonds. The summed E-state index contributed by atoms with van der Waals surface area (Å²) in [5, 5.41) is 2.91. The number of ether oxygens (including phenoxy) is 4. The van der Waals surface area contributed by atoms with Crippen molar-refractivity contribution in [2.24, 2.45) is 0 Å². The van der Waals surface area contributed by atoms with Gasteiger partial charge in [-0.3, -0.25) is 9.59 Å². The number of methoxy groups -OCH3 is 2. The maximum Gasteiger partial charge on any atom is 0.310 e. The van der Waals surface area contributed by atoms with E-state index in [0.29, 0.717) is 28.8 Å². The van der Waals surface area contributed by atoms with Gasteiger partial charge in [-0.2, -0.15) is 0 Å². The van der Waals surface area contributed by atoms with Crippen LogP contribution in [0.5, 0.6) is 17.2 Å². The number of hydrogen-bond donors (Lipinski definition) is 1. The van der Waals surface area contributed by atoms with Gasteiger partial charge in [-0.15, -0.1) is 0 Å². The quantitative estimate of drug-likeness (QED) is 0.641. The summed E-state index contributed by atoms with van der Waals surface area (Å²) in [6, 6.07) is 10.2. The van der Waals surface area contributed by atoms with Crippen LogP contribution in [0.2, 0.25) is 5.02 Å². The first-order chi connectivity index (χ1) is 13.5. The minimum Gasteiger partial charge on any atom is -0.495 e. The molecule has 0 bridgehead atoms. The lowest BCUT2D eigenvalue weighted by Gasteiger charge is -2.13. The SMILES string of the molecule is CCOc1ccc(CC(=O)OCC(=O)Nc2cc(Cl)c(OC)cc2OC)cc1. The molecular weight excluding hydrogens is 386 g/mol. The molecule has 0 fully saturated rings. The third-order valence-electron chi connectivity index (χ3n) is 3.70. The van der Waals surface area contributed by atoms with E-state index in [0.717, 1.165) is 11.3 Å². The molecule has 1 N–H and O–H groups in total. The van der Waals surface area contributed by atoms with Gasteiger partial charge in [-0.1, -0.05) is 23.7 Å². The van der Waals surface area contributed by atoms with Gasteiger partial charge in [0.25, 0.3) is 5.91 Å². The van der Waals surface area contributed by atoms with E-state index in [1.165, 1.54) is 20.3 Å². The third-order valence-corrected chi connectivity index (χ3v) is 3.99. The number of anilines is 1. The Labute approximate surface area is 168 Å². The Morgan fingerprint density at radius 2 is 1.71 bits per heavy atom. The van der Waals surface area contributed by atoms with Crippen molar-refractivity contribution < 1.29 is 28.5 Å². The average Bonchev–Trinajstić information content (AvgIpc) is 2.68. The van der Waals surface area contributed by atoms with Crippen LogP contribution in [0, 0.1) is 0 Å². The smallest absolute Gasteiger partial charge is 0.310 e. The molecule has 150 valence electrons. The predicted octanol–water partition coefficient (Wildman–Crippen LogP) is 3.48. The highest BCUT2D eigenvalue weighted by atomic mass is 35.5. The van der Waals surface area contributed by atoms with Crippen molar-refractivity contribution in [1.82, 2.24) is 0 Å². The normalized spacial score (nSPS) is 10.1. The van der Waals surface area contributed by atoms with E-state index in [-0.39, 0.29) is 6.42 Å². The van der Waals surface area contributed by atoms with Gasteiger partial charge in [0, 0.05) is 6.07 Å². The lowest BCUT2D eigenvalue weighted by Crippen LogP contribution is -2.22. The first-order valence-electron chi connectivity index (χ1n) is 8.55. The van der Waals surface area contributed by atoms with E-state index in [1.54, 1.807) is 30.3 Å². The summed E-state index contributed by atoms with van der Waals surface area (Å²) in [7, 11) is 2.93. The van der Waals surface area contributed by atoms with Gasteiger partial charge in [0.1, 0.15) is 17.2 Å². The number of rotatable bonds is 9. The van der Waals surface area contributed by atoms with Crippen molar-refractivity contribution in [1.29, 1.82) is 0 Å². The molecule has 0 aromatic heterocycles. The lowest BCUT2D eigenvalue weighted by atomic mass is 10.1. The minimum atomic E-state index is -0.515. The highest BCUT2D eigenvalue weighted by Gasteiger charge is 2.14. The summed E-state index contributed by atoms with van der Waals surface area (Å²) >= 11 is 6.06. The summed E-state index contributed by atoms with van der Waals surface area (Å²) < 4.78 is 20.7. The fraction of sp³-hybridized carbons (Fsp3) is 0.300. The third kappa shape index (κ3) is 6.06. The van der Waals surface area contributed by atoms with Gasteiger partial charge in [0.2, 0.25) is 0 Å². The lowest BCUT2D eigenvalue weighted by molar-refractivity contribution is -0.146. The van der Waals surface area contributed by atoms with Gasteiger partial charge in [-0.25, -0.2) is 0 Å².